The fraction of sp³-hybridized carbons (Fsp3) is 0.429. The number of ketones is 2. The maximum absolute atomic E-state index is 11.4. The minimum absolute atomic E-state index is 0.000715. The molecule has 2 rings (SSSR count). The molecule has 0 bridgehead atoms. The zero-order valence-corrected chi connectivity index (χ0v) is 10.2. The third-order valence-electron chi connectivity index (χ3n) is 3.36. The zero-order chi connectivity index (χ0) is 12.6. The second-order valence-electron chi connectivity index (χ2n) is 4.86. The Morgan fingerprint density at radius 1 is 1.41 bits per heavy atom. The van der Waals surface area contributed by atoms with Crippen molar-refractivity contribution in [1.29, 1.82) is 0 Å². The number of Topliss-reactive ketones (excluding diaryl/α,β-unsaturated/α-hetero) is 2. The first-order valence-corrected chi connectivity index (χ1v) is 5.86. The van der Waals surface area contributed by atoms with E-state index < -0.39 is 6.04 Å². The van der Waals surface area contributed by atoms with Gasteiger partial charge in [0.1, 0.15) is 11.6 Å². The molecule has 0 aliphatic heterocycles. The van der Waals surface area contributed by atoms with E-state index in [1.807, 2.05) is 19.1 Å². The molecule has 0 radical (unpaired) electrons. The highest BCUT2D eigenvalue weighted by Gasteiger charge is 2.21. The summed E-state index contributed by atoms with van der Waals surface area (Å²) in [5, 5.41) is 0. The van der Waals surface area contributed by atoms with E-state index in [1.54, 1.807) is 0 Å². The highest BCUT2D eigenvalue weighted by atomic mass is 16.1. The predicted molar refractivity (Wildman–Crippen MR) is 66.0 cm³/mol. The Morgan fingerprint density at radius 2 is 2.12 bits per heavy atom. The van der Waals surface area contributed by atoms with Gasteiger partial charge in [-0.05, 0) is 42.5 Å². The summed E-state index contributed by atoms with van der Waals surface area (Å²) in [7, 11) is 0. The maximum atomic E-state index is 11.4. The van der Waals surface area contributed by atoms with Crippen LogP contribution in [0.1, 0.15) is 29.2 Å². The van der Waals surface area contributed by atoms with Crippen LogP contribution in [0.4, 0.5) is 0 Å². The van der Waals surface area contributed by atoms with Gasteiger partial charge in [-0.2, -0.15) is 0 Å². The quantitative estimate of drug-likeness (QED) is 0.848. The molecule has 1 aliphatic rings. The minimum Gasteiger partial charge on any atom is -0.321 e. The van der Waals surface area contributed by atoms with Crippen LogP contribution in [0.15, 0.2) is 12.1 Å². The van der Waals surface area contributed by atoms with Gasteiger partial charge in [-0.15, -0.1) is 0 Å². The lowest BCUT2D eigenvalue weighted by Gasteiger charge is -2.11. The van der Waals surface area contributed by atoms with Crippen molar-refractivity contribution in [2.24, 2.45) is 5.73 Å². The molecule has 0 heterocycles. The number of nitrogens with two attached hydrogens (primary N) is 1. The van der Waals surface area contributed by atoms with E-state index in [4.69, 9.17) is 5.73 Å². The van der Waals surface area contributed by atoms with Crippen molar-refractivity contribution in [2.75, 3.05) is 0 Å². The average Bonchev–Trinajstić information content (AvgIpc) is 2.59. The lowest BCUT2D eigenvalue weighted by Crippen LogP contribution is -2.30. The Labute approximate surface area is 101 Å². The van der Waals surface area contributed by atoms with Crippen LogP contribution < -0.4 is 5.73 Å². The summed E-state index contributed by atoms with van der Waals surface area (Å²) < 4.78 is 0. The molecule has 0 amide bonds. The summed E-state index contributed by atoms with van der Waals surface area (Å²) in [6, 6.07) is 3.63. The van der Waals surface area contributed by atoms with E-state index in [2.05, 4.69) is 0 Å². The summed E-state index contributed by atoms with van der Waals surface area (Å²) in [5.41, 5.74) is 10.2. The molecule has 0 saturated carbocycles. The molecule has 17 heavy (non-hydrogen) atoms. The minimum atomic E-state index is -0.440. The largest absolute Gasteiger partial charge is 0.321 e. The van der Waals surface area contributed by atoms with Crippen molar-refractivity contribution in [3.63, 3.8) is 0 Å². The number of hydrogen-bond donors (Lipinski definition) is 1. The van der Waals surface area contributed by atoms with Gasteiger partial charge in [0.25, 0.3) is 0 Å². The Bertz CT molecular complexity index is 491. The van der Waals surface area contributed by atoms with Crippen LogP contribution in [0, 0.1) is 6.92 Å². The molecular weight excluding hydrogens is 214 g/mol. The highest BCUT2D eigenvalue weighted by Crippen LogP contribution is 2.25. The number of fused-ring (bicyclic) bond motifs is 1. The smallest absolute Gasteiger partial charge is 0.146 e. The Hall–Kier alpha value is -1.48. The van der Waals surface area contributed by atoms with Gasteiger partial charge >= 0.3 is 0 Å². The van der Waals surface area contributed by atoms with E-state index in [1.165, 1.54) is 6.92 Å². The van der Waals surface area contributed by atoms with E-state index in [-0.39, 0.29) is 11.6 Å². The monoisotopic (exact) mass is 231 g/mol. The van der Waals surface area contributed by atoms with Gasteiger partial charge in [-0.1, -0.05) is 12.1 Å². The molecule has 0 spiro atoms. The van der Waals surface area contributed by atoms with E-state index in [0.717, 1.165) is 22.3 Å². The number of aryl methyl sites for hydroxylation is 1. The van der Waals surface area contributed by atoms with Crippen LogP contribution in [0.5, 0.6) is 0 Å². The first-order chi connectivity index (χ1) is 7.97. The molecule has 1 aromatic rings. The standard InChI is InChI=1S/C14H17NO2/c1-8-3-10(5-14(15)9(2)16)4-11-6-12(17)7-13(8)11/h3-4,14H,5-7,15H2,1-2H3. The molecule has 1 unspecified atom stereocenters. The topological polar surface area (TPSA) is 60.2 Å². The molecule has 3 heteroatoms. The lowest BCUT2D eigenvalue weighted by atomic mass is 9.96. The average molecular weight is 231 g/mol. The normalized spacial score (nSPS) is 15.8. The second-order valence-corrected chi connectivity index (χ2v) is 4.86. The predicted octanol–water partition coefficient (Wildman–Crippen LogP) is 1.12. The zero-order valence-electron chi connectivity index (χ0n) is 10.2. The summed E-state index contributed by atoms with van der Waals surface area (Å²) >= 11 is 0. The van der Waals surface area contributed by atoms with Crippen molar-refractivity contribution < 1.29 is 9.59 Å². The SMILES string of the molecule is CC(=O)C(N)Cc1cc(C)c2c(c1)CC(=O)C2. The summed E-state index contributed by atoms with van der Waals surface area (Å²) in [6.45, 7) is 3.52. The van der Waals surface area contributed by atoms with Crippen molar-refractivity contribution in [1.82, 2.24) is 0 Å². The van der Waals surface area contributed by atoms with Gasteiger partial charge in [-0.25, -0.2) is 0 Å². The Kier molecular flexibility index (Phi) is 3.11. The van der Waals surface area contributed by atoms with Gasteiger partial charge in [0, 0.05) is 12.8 Å². The van der Waals surface area contributed by atoms with Crippen LogP contribution in [0.25, 0.3) is 0 Å². The van der Waals surface area contributed by atoms with Crippen LogP contribution >= 0.6 is 0 Å². The van der Waals surface area contributed by atoms with Crippen LogP contribution in [0.3, 0.4) is 0 Å². The molecule has 3 nitrogen and oxygen atoms in total. The van der Waals surface area contributed by atoms with E-state index in [0.29, 0.717) is 19.3 Å². The number of rotatable bonds is 3. The summed E-state index contributed by atoms with van der Waals surface area (Å²) in [6.07, 6.45) is 1.64. The van der Waals surface area contributed by atoms with Crippen molar-refractivity contribution in [3.8, 4) is 0 Å². The molecule has 0 saturated heterocycles. The van der Waals surface area contributed by atoms with Gasteiger partial charge in [0.2, 0.25) is 0 Å². The van der Waals surface area contributed by atoms with Crippen molar-refractivity contribution in [2.45, 2.75) is 39.2 Å². The maximum Gasteiger partial charge on any atom is 0.146 e. The van der Waals surface area contributed by atoms with Gasteiger partial charge in [0.05, 0.1) is 6.04 Å². The molecule has 2 N–H and O–H groups in total. The third-order valence-corrected chi connectivity index (χ3v) is 3.36. The number of hydrogen-bond acceptors (Lipinski definition) is 3. The number of carbonyl (C=O) groups is 2. The molecule has 0 aromatic heterocycles. The molecule has 0 fully saturated rings. The van der Waals surface area contributed by atoms with E-state index >= 15 is 0 Å². The number of carbonyl (C=O) groups excluding carboxylic acids is 2. The number of benzene rings is 1. The Balaban J connectivity index is 2.27. The fourth-order valence-corrected chi connectivity index (χ4v) is 2.37. The van der Waals surface area contributed by atoms with Gasteiger partial charge in [0.15, 0.2) is 0 Å². The van der Waals surface area contributed by atoms with E-state index in [9.17, 15) is 9.59 Å². The van der Waals surface area contributed by atoms with Crippen molar-refractivity contribution in [3.05, 3.63) is 34.4 Å². The first-order valence-electron chi connectivity index (χ1n) is 5.86. The van der Waals surface area contributed by atoms with Gasteiger partial charge in [-0.3, -0.25) is 9.59 Å². The van der Waals surface area contributed by atoms with Crippen LogP contribution in [-0.4, -0.2) is 17.6 Å². The third kappa shape index (κ3) is 2.44. The fourth-order valence-electron chi connectivity index (χ4n) is 2.37. The Morgan fingerprint density at radius 3 is 2.76 bits per heavy atom. The first kappa shape index (κ1) is 12.0. The lowest BCUT2D eigenvalue weighted by molar-refractivity contribution is -0.118. The molecule has 90 valence electrons. The molecule has 1 aliphatic carbocycles. The van der Waals surface area contributed by atoms with Crippen molar-refractivity contribution >= 4 is 11.6 Å². The van der Waals surface area contributed by atoms with Crippen LogP contribution in [-0.2, 0) is 28.9 Å². The highest BCUT2D eigenvalue weighted by molar-refractivity contribution is 5.88. The molecular formula is C14H17NO2. The molecule has 1 atom stereocenters. The molecule has 1 aromatic carbocycles. The second kappa shape index (κ2) is 4.41. The summed E-state index contributed by atoms with van der Waals surface area (Å²) in [5.74, 6) is 0.273. The van der Waals surface area contributed by atoms with Crippen LogP contribution in [0.2, 0.25) is 0 Å². The summed E-state index contributed by atoms with van der Waals surface area (Å²) in [4.78, 5) is 22.6. The van der Waals surface area contributed by atoms with Gasteiger partial charge < -0.3 is 5.73 Å².